The van der Waals surface area contributed by atoms with Crippen LogP contribution in [0, 0.1) is 11.8 Å². The lowest BCUT2D eigenvalue weighted by Gasteiger charge is -2.45. The van der Waals surface area contributed by atoms with Gasteiger partial charge < -0.3 is 21.7 Å². The molecule has 10 heteroatoms. The van der Waals surface area contributed by atoms with Gasteiger partial charge >= 0.3 is 11.9 Å². The van der Waals surface area contributed by atoms with Crippen molar-refractivity contribution in [3.8, 4) is 0 Å². The highest BCUT2D eigenvalue weighted by molar-refractivity contribution is 6.06. The molecule has 4 rings (SSSR count). The summed E-state index contributed by atoms with van der Waals surface area (Å²) in [5.74, 6) is -3.72. The Hall–Kier alpha value is -3.43. The summed E-state index contributed by atoms with van der Waals surface area (Å²) in [4.78, 5) is 61.3. The normalized spacial score (nSPS) is 19.6. The monoisotopic (exact) mass is 529 g/mol. The van der Waals surface area contributed by atoms with Crippen LogP contribution in [0.2, 0.25) is 0 Å². The lowest BCUT2D eigenvalue weighted by Crippen LogP contribution is -2.62. The van der Waals surface area contributed by atoms with E-state index in [1.54, 1.807) is 0 Å². The van der Waals surface area contributed by atoms with Crippen molar-refractivity contribution in [2.24, 2.45) is 23.3 Å². The highest BCUT2D eigenvalue weighted by Gasteiger charge is 2.48. The van der Waals surface area contributed by atoms with Crippen LogP contribution < -0.4 is 16.4 Å². The Morgan fingerprint density at radius 1 is 0.684 bits per heavy atom. The molecule has 0 aromatic heterocycles. The number of carboxylic acids is 2. The van der Waals surface area contributed by atoms with Crippen LogP contribution in [0.3, 0.4) is 0 Å². The van der Waals surface area contributed by atoms with Crippen molar-refractivity contribution in [1.29, 1.82) is 0 Å². The van der Waals surface area contributed by atoms with E-state index in [0.29, 0.717) is 38.5 Å². The number of anilines is 1. The molecule has 6 N–H and O–H groups in total. The highest BCUT2D eigenvalue weighted by atomic mass is 16.4. The first-order chi connectivity index (χ1) is 18.1. The van der Waals surface area contributed by atoms with Gasteiger partial charge in [-0.25, -0.2) is 9.59 Å². The maximum atomic E-state index is 13.5. The first-order valence-corrected chi connectivity index (χ1v) is 13.6. The number of nitrogens with two attached hydrogens (primary N) is 2. The molecule has 10 nitrogen and oxygen atoms in total. The molecule has 208 valence electrons. The summed E-state index contributed by atoms with van der Waals surface area (Å²) in [7, 11) is 0. The molecular formula is C28H39N3O7. The van der Waals surface area contributed by atoms with Gasteiger partial charge in [-0.1, -0.05) is 51.4 Å². The van der Waals surface area contributed by atoms with E-state index in [2.05, 4.69) is 0 Å². The van der Waals surface area contributed by atoms with E-state index in [0.717, 1.165) is 38.2 Å². The van der Waals surface area contributed by atoms with E-state index in [1.165, 1.54) is 36.3 Å². The lowest BCUT2D eigenvalue weighted by atomic mass is 9.78. The molecule has 3 amide bonds. The minimum atomic E-state index is -1.31. The Balaban J connectivity index is 0.000000375. The van der Waals surface area contributed by atoms with E-state index >= 15 is 0 Å². The average Bonchev–Trinajstić information content (AvgIpc) is 3.45. The van der Waals surface area contributed by atoms with Gasteiger partial charge in [-0.3, -0.25) is 19.3 Å². The molecule has 3 fully saturated rings. The third kappa shape index (κ3) is 6.71. The molecule has 0 aliphatic heterocycles. The minimum absolute atomic E-state index is 0.102. The number of carbonyl (C=O) groups excluding carboxylic acids is 3. The third-order valence-corrected chi connectivity index (χ3v) is 8.17. The van der Waals surface area contributed by atoms with Crippen LogP contribution in [0.15, 0.2) is 18.2 Å². The van der Waals surface area contributed by atoms with Crippen LogP contribution in [0.1, 0.15) is 111 Å². The zero-order valence-electron chi connectivity index (χ0n) is 21.8. The molecule has 1 aromatic rings. The maximum Gasteiger partial charge on any atom is 0.335 e. The summed E-state index contributed by atoms with van der Waals surface area (Å²) in [5, 5.41) is 18.9. The molecular weight excluding hydrogens is 490 g/mol. The van der Waals surface area contributed by atoms with Gasteiger partial charge in [-0.05, 0) is 56.7 Å². The molecule has 3 aliphatic carbocycles. The highest BCUT2D eigenvalue weighted by Crippen LogP contribution is 2.40. The molecule has 0 saturated heterocycles. The first-order valence-electron chi connectivity index (χ1n) is 13.6. The zero-order valence-corrected chi connectivity index (χ0v) is 21.8. The van der Waals surface area contributed by atoms with Crippen LogP contribution in [0.5, 0.6) is 0 Å². The van der Waals surface area contributed by atoms with Gasteiger partial charge in [-0.2, -0.15) is 0 Å². The van der Waals surface area contributed by atoms with Crippen molar-refractivity contribution in [3.63, 3.8) is 0 Å². The topological polar surface area (TPSA) is 181 Å². The molecule has 38 heavy (non-hydrogen) atoms. The first kappa shape index (κ1) is 29.1. The smallest absolute Gasteiger partial charge is 0.335 e. The third-order valence-electron chi connectivity index (χ3n) is 8.17. The van der Waals surface area contributed by atoms with Gasteiger partial charge in [0.2, 0.25) is 17.7 Å². The average molecular weight is 530 g/mol. The van der Waals surface area contributed by atoms with E-state index in [1.807, 2.05) is 0 Å². The summed E-state index contributed by atoms with van der Waals surface area (Å²) in [6, 6.07) is 3.58. The molecule has 0 heterocycles. The summed E-state index contributed by atoms with van der Waals surface area (Å²) in [5.41, 5.74) is 9.27. The lowest BCUT2D eigenvalue weighted by molar-refractivity contribution is -0.131. The van der Waals surface area contributed by atoms with Crippen LogP contribution in [-0.2, 0) is 14.4 Å². The predicted molar refractivity (Wildman–Crippen MR) is 141 cm³/mol. The van der Waals surface area contributed by atoms with Gasteiger partial charge in [0.15, 0.2) is 0 Å². The zero-order chi connectivity index (χ0) is 27.9. The van der Waals surface area contributed by atoms with Gasteiger partial charge in [0, 0.05) is 17.5 Å². The predicted octanol–water partition coefficient (Wildman–Crippen LogP) is 3.85. The van der Waals surface area contributed by atoms with Gasteiger partial charge in [0.1, 0.15) is 5.54 Å². The maximum absolute atomic E-state index is 13.5. The Bertz CT molecular complexity index is 1020. The minimum Gasteiger partial charge on any atom is -0.478 e. The number of hydrogen-bond donors (Lipinski definition) is 4. The summed E-state index contributed by atoms with van der Waals surface area (Å²) in [6.07, 6.45) is 12.0. The van der Waals surface area contributed by atoms with Crippen molar-refractivity contribution >= 4 is 35.3 Å². The Morgan fingerprint density at radius 3 is 1.55 bits per heavy atom. The van der Waals surface area contributed by atoms with Crippen molar-refractivity contribution in [2.75, 3.05) is 4.90 Å². The second-order valence-corrected chi connectivity index (χ2v) is 10.7. The second kappa shape index (κ2) is 12.9. The molecule has 3 aliphatic rings. The number of aromatic carboxylic acids is 2. The van der Waals surface area contributed by atoms with E-state index < -0.39 is 23.4 Å². The molecule has 0 bridgehead atoms. The van der Waals surface area contributed by atoms with Crippen LogP contribution in [0.25, 0.3) is 0 Å². The SMILES string of the molecule is NC(=O)C1(N(C(=O)C2CCCC2)c2cc(C(=O)O)cc(C(=O)O)c2)CCCCC1.NC(=O)C1CCCCC1. The fraction of sp³-hybridized carbons (Fsp3) is 0.607. The second-order valence-electron chi connectivity index (χ2n) is 10.7. The Morgan fingerprint density at radius 2 is 1.13 bits per heavy atom. The van der Waals surface area contributed by atoms with Crippen molar-refractivity contribution < 1.29 is 34.2 Å². The van der Waals surface area contributed by atoms with E-state index in [4.69, 9.17) is 11.5 Å². The Labute approximate surface area is 222 Å². The summed E-state index contributed by atoms with van der Waals surface area (Å²) >= 11 is 0. The fourth-order valence-electron chi connectivity index (χ4n) is 6.03. The van der Waals surface area contributed by atoms with Gasteiger partial charge in [0.25, 0.3) is 0 Å². The number of rotatable bonds is 7. The fourth-order valence-corrected chi connectivity index (χ4v) is 6.03. The van der Waals surface area contributed by atoms with E-state index in [9.17, 15) is 34.2 Å². The van der Waals surface area contributed by atoms with Crippen molar-refractivity contribution in [1.82, 2.24) is 0 Å². The van der Waals surface area contributed by atoms with Gasteiger partial charge in [0.05, 0.1) is 11.1 Å². The standard InChI is InChI=1S/C21H26N2O6.C7H13NO/c22-20(29)21(8-4-1-5-9-21)23(17(24)13-6-2-3-7-13)16-11-14(18(25)26)10-15(12-16)19(27)28;8-7(9)6-4-2-1-3-5-6/h10-13H,1-9H2,(H2,22,29)(H,25,26)(H,27,28);6H,1-5H2,(H2,8,9). The number of amides is 3. The molecule has 0 unspecified atom stereocenters. The molecule has 0 spiro atoms. The summed E-state index contributed by atoms with van der Waals surface area (Å²) < 4.78 is 0. The number of hydrogen-bond acceptors (Lipinski definition) is 5. The number of carbonyl (C=O) groups is 5. The van der Waals surface area contributed by atoms with Crippen molar-refractivity contribution in [2.45, 2.75) is 95.4 Å². The van der Waals surface area contributed by atoms with Crippen LogP contribution >= 0.6 is 0 Å². The quantitative estimate of drug-likeness (QED) is 0.414. The van der Waals surface area contributed by atoms with Crippen molar-refractivity contribution in [3.05, 3.63) is 29.3 Å². The molecule has 3 saturated carbocycles. The Kier molecular flexibility index (Phi) is 9.88. The van der Waals surface area contributed by atoms with E-state index in [-0.39, 0.29) is 40.5 Å². The van der Waals surface area contributed by atoms with Crippen LogP contribution in [-0.4, -0.2) is 45.4 Å². The molecule has 0 atom stereocenters. The molecule has 1 aromatic carbocycles. The molecule has 0 radical (unpaired) electrons. The number of nitrogens with zero attached hydrogens (tertiary/aromatic N) is 1. The number of carboxylic acid groups (broad SMARTS) is 2. The largest absolute Gasteiger partial charge is 0.478 e. The van der Waals surface area contributed by atoms with Crippen LogP contribution in [0.4, 0.5) is 5.69 Å². The number of primary amides is 2. The van der Waals surface area contributed by atoms with Gasteiger partial charge in [-0.15, -0.1) is 0 Å². The number of benzene rings is 1. The summed E-state index contributed by atoms with van der Waals surface area (Å²) in [6.45, 7) is 0.